The van der Waals surface area contributed by atoms with E-state index in [1.54, 1.807) is 12.3 Å². The average Bonchev–Trinajstić information content (AvgIpc) is 2.55. The fraction of sp³-hybridized carbons (Fsp3) is 0.0588. The van der Waals surface area contributed by atoms with Crippen molar-refractivity contribution in [2.45, 2.75) is 6.42 Å². The van der Waals surface area contributed by atoms with Crippen molar-refractivity contribution in [3.63, 3.8) is 0 Å². The highest BCUT2D eigenvalue weighted by atomic mass is 17.1. The summed E-state index contributed by atoms with van der Waals surface area (Å²) in [7, 11) is 0. The van der Waals surface area contributed by atoms with Crippen LogP contribution in [-0.2, 0) is 11.3 Å². The SMILES string of the molecule is O=C(OO)c1c(Cc2ccccc2)cnc2ccccc12. The summed E-state index contributed by atoms with van der Waals surface area (Å²) in [6.45, 7) is 0. The minimum absolute atomic E-state index is 0.354. The third-order valence-electron chi connectivity index (χ3n) is 3.38. The van der Waals surface area contributed by atoms with Crippen molar-refractivity contribution in [1.82, 2.24) is 4.98 Å². The third-order valence-corrected chi connectivity index (χ3v) is 3.38. The Morgan fingerprint density at radius 1 is 1.05 bits per heavy atom. The zero-order valence-corrected chi connectivity index (χ0v) is 11.2. The van der Waals surface area contributed by atoms with Crippen LogP contribution in [0, 0.1) is 0 Å². The molecule has 0 aliphatic carbocycles. The van der Waals surface area contributed by atoms with Gasteiger partial charge in [-0.1, -0.05) is 48.5 Å². The summed E-state index contributed by atoms with van der Waals surface area (Å²) in [6, 6.07) is 17.0. The van der Waals surface area contributed by atoms with Gasteiger partial charge in [-0.05, 0) is 23.6 Å². The molecule has 1 heterocycles. The standard InChI is InChI=1S/C17H13NO3/c19-17(21-20)16-13(10-12-6-2-1-3-7-12)11-18-15-9-5-4-8-14(15)16/h1-9,11,20H,10H2. The van der Waals surface area contributed by atoms with E-state index in [2.05, 4.69) is 9.87 Å². The van der Waals surface area contributed by atoms with Crippen molar-refractivity contribution in [2.24, 2.45) is 0 Å². The van der Waals surface area contributed by atoms with E-state index >= 15 is 0 Å². The maximum atomic E-state index is 11.9. The van der Waals surface area contributed by atoms with Crippen molar-refractivity contribution in [1.29, 1.82) is 0 Å². The molecule has 0 saturated carbocycles. The lowest BCUT2D eigenvalue weighted by atomic mass is 9.98. The van der Waals surface area contributed by atoms with Crippen LogP contribution in [-0.4, -0.2) is 16.2 Å². The molecule has 4 nitrogen and oxygen atoms in total. The molecule has 0 aliphatic heterocycles. The van der Waals surface area contributed by atoms with Gasteiger partial charge in [0.2, 0.25) is 0 Å². The van der Waals surface area contributed by atoms with E-state index in [4.69, 9.17) is 5.26 Å². The first-order chi connectivity index (χ1) is 10.3. The lowest BCUT2D eigenvalue weighted by molar-refractivity contribution is -0.182. The first-order valence-corrected chi connectivity index (χ1v) is 6.56. The number of aromatic nitrogens is 1. The molecule has 0 spiro atoms. The molecule has 104 valence electrons. The van der Waals surface area contributed by atoms with Gasteiger partial charge >= 0.3 is 5.97 Å². The number of pyridine rings is 1. The molecular formula is C17H13NO3. The number of carbonyl (C=O) groups excluding carboxylic acids is 1. The Morgan fingerprint density at radius 2 is 1.76 bits per heavy atom. The molecule has 0 aliphatic rings. The molecular weight excluding hydrogens is 266 g/mol. The van der Waals surface area contributed by atoms with Crippen LogP contribution in [0.1, 0.15) is 21.5 Å². The molecule has 0 saturated heterocycles. The zero-order chi connectivity index (χ0) is 14.7. The summed E-state index contributed by atoms with van der Waals surface area (Å²) in [6.07, 6.45) is 2.20. The molecule has 0 radical (unpaired) electrons. The van der Waals surface area contributed by atoms with Gasteiger partial charge in [-0.25, -0.2) is 4.79 Å². The molecule has 0 amide bonds. The Bertz CT molecular complexity index is 784. The smallest absolute Gasteiger partial charge is 0.295 e. The first-order valence-electron chi connectivity index (χ1n) is 6.56. The van der Waals surface area contributed by atoms with Crippen LogP contribution in [0.3, 0.4) is 0 Å². The van der Waals surface area contributed by atoms with Gasteiger partial charge in [0.05, 0.1) is 11.1 Å². The maximum absolute atomic E-state index is 11.9. The molecule has 4 heteroatoms. The molecule has 1 aromatic heterocycles. The van der Waals surface area contributed by atoms with Crippen LogP contribution in [0.4, 0.5) is 0 Å². The first kappa shape index (κ1) is 13.3. The van der Waals surface area contributed by atoms with E-state index in [1.165, 1.54) is 0 Å². The molecule has 0 bridgehead atoms. The second-order valence-corrected chi connectivity index (χ2v) is 4.72. The molecule has 2 aromatic carbocycles. The summed E-state index contributed by atoms with van der Waals surface area (Å²) in [5, 5.41) is 9.44. The lowest BCUT2D eigenvalue weighted by Crippen LogP contribution is -2.08. The quantitative estimate of drug-likeness (QED) is 0.589. The van der Waals surface area contributed by atoms with Gasteiger partial charge in [0.1, 0.15) is 0 Å². The Balaban J connectivity index is 2.15. The fourth-order valence-corrected chi connectivity index (χ4v) is 2.42. The van der Waals surface area contributed by atoms with Crippen LogP contribution in [0.2, 0.25) is 0 Å². The molecule has 3 aromatic rings. The summed E-state index contributed by atoms with van der Waals surface area (Å²) in [5.74, 6) is -0.764. The predicted molar refractivity (Wildman–Crippen MR) is 79.0 cm³/mol. The fourth-order valence-electron chi connectivity index (χ4n) is 2.42. The minimum atomic E-state index is -0.764. The van der Waals surface area contributed by atoms with Crippen LogP contribution in [0.25, 0.3) is 10.9 Å². The molecule has 0 fully saturated rings. The van der Waals surface area contributed by atoms with E-state index in [-0.39, 0.29) is 0 Å². The van der Waals surface area contributed by atoms with Crippen molar-refractivity contribution in [3.05, 3.63) is 77.5 Å². The van der Waals surface area contributed by atoms with Gasteiger partial charge in [-0.2, -0.15) is 5.26 Å². The van der Waals surface area contributed by atoms with Crippen LogP contribution < -0.4 is 0 Å². The number of rotatable bonds is 3. The third kappa shape index (κ3) is 2.61. The second-order valence-electron chi connectivity index (χ2n) is 4.72. The number of nitrogens with zero attached hydrogens (tertiary/aromatic N) is 1. The van der Waals surface area contributed by atoms with Crippen molar-refractivity contribution in [2.75, 3.05) is 0 Å². The van der Waals surface area contributed by atoms with Crippen molar-refractivity contribution in [3.8, 4) is 0 Å². The normalized spacial score (nSPS) is 10.5. The Kier molecular flexibility index (Phi) is 3.62. The highest BCUT2D eigenvalue weighted by Crippen LogP contribution is 2.23. The summed E-state index contributed by atoms with van der Waals surface area (Å²) < 4.78 is 0. The van der Waals surface area contributed by atoms with Gasteiger partial charge in [0, 0.05) is 11.6 Å². The van der Waals surface area contributed by atoms with Crippen LogP contribution in [0.15, 0.2) is 60.8 Å². The van der Waals surface area contributed by atoms with Gasteiger partial charge < -0.3 is 0 Å². The number of benzene rings is 2. The summed E-state index contributed by atoms with van der Waals surface area (Å²) in [4.78, 5) is 20.3. The highest BCUT2D eigenvalue weighted by molar-refractivity contribution is 6.04. The van der Waals surface area contributed by atoms with Crippen LogP contribution >= 0.6 is 0 Å². The monoisotopic (exact) mass is 279 g/mol. The number of hydrogen-bond donors (Lipinski definition) is 1. The average molecular weight is 279 g/mol. The van der Waals surface area contributed by atoms with Gasteiger partial charge in [0.25, 0.3) is 0 Å². The van der Waals surface area contributed by atoms with E-state index in [0.717, 1.165) is 11.1 Å². The highest BCUT2D eigenvalue weighted by Gasteiger charge is 2.18. The number of hydrogen-bond acceptors (Lipinski definition) is 4. The minimum Gasteiger partial charge on any atom is -0.295 e. The van der Waals surface area contributed by atoms with Crippen molar-refractivity contribution < 1.29 is 14.9 Å². The van der Waals surface area contributed by atoms with Gasteiger partial charge in [-0.3, -0.25) is 9.87 Å². The van der Waals surface area contributed by atoms with E-state index < -0.39 is 5.97 Å². The molecule has 1 N–H and O–H groups in total. The Hall–Kier alpha value is -2.72. The van der Waals surface area contributed by atoms with E-state index in [9.17, 15) is 4.79 Å². The molecule has 21 heavy (non-hydrogen) atoms. The van der Waals surface area contributed by atoms with E-state index in [0.29, 0.717) is 22.9 Å². The molecule has 3 rings (SSSR count). The topological polar surface area (TPSA) is 59.4 Å². The summed E-state index contributed by atoms with van der Waals surface area (Å²) >= 11 is 0. The molecule has 0 unspecified atom stereocenters. The lowest BCUT2D eigenvalue weighted by Gasteiger charge is -2.10. The maximum Gasteiger partial charge on any atom is 0.373 e. The molecule has 0 atom stereocenters. The number of fused-ring (bicyclic) bond motifs is 1. The van der Waals surface area contributed by atoms with Crippen molar-refractivity contribution >= 4 is 16.9 Å². The summed E-state index contributed by atoms with van der Waals surface area (Å²) in [5.41, 5.74) is 2.82. The van der Waals surface area contributed by atoms with Gasteiger partial charge in [-0.15, -0.1) is 0 Å². The number of carbonyl (C=O) groups is 1. The second kappa shape index (κ2) is 5.73. The van der Waals surface area contributed by atoms with E-state index in [1.807, 2.05) is 48.5 Å². The van der Waals surface area contributed by atoms with Crippen LogP contribution in [0.5, 0.6) is 0 Å². The zero-order valence-electron chi connectivity index (χ0n) is 11.2. The Morgan fingerprint density at radius 3 is 2.52 bits per heavy atom. The van der Waals surface area contributed by atoms with Gasteiger partial charge in [0.15, 0.2) is 0 Å². The largest absolute Gasteiger partial charge is 0.373 e. The predicted octanol–water partition coefficient (Wildman–Crippen LogP) is 3.46. The Labute approximate surface area is 121 Å². The number of para-hydroxylation sites is 1.